The Morgan fingerprint density at radius 3 is 0.551 bits per heavy atom. The van der Waals surface area contributed by atoms with Crippen molar-refractivity contribution in [2.45, 2.75) is 353 Å². The van der Waals surface area contributed by atoms with Crippen LogP contribution in [-0.2, 0) is 28.8 Å². The van der Waals surface area contributed by atoms with Crippen LogP contribution in [0.1, 0.15) is 353 Å². The minimum absolute atomic E-state index is 0.126. The molecule has 596 valence electrons. The minimum Gasteiger partial charge on any atom is -0.294 e. The lowest BCUT2D eigenvalue weighted by Crippen LogP contribution is -2.37. The Hall–Kier alpha value is -5.10. The van der Waals surface area contributed by atoms with Crippen molar-refractivity contribution in [3.05, 3.63) is 140 Å². The molecule has 0 aliphatic heterocycles. The molecule has 0 N–H and O–H groups in total. The maximum absolute atomic E-state index is 14.8. The maximum Gasteiger partial charge on any atom is 0.162 e. The highest BCUT2D eigenvalue weighted by molar-refractivity contribution is 5.97. The molecule has 0 spiro atoms. The molecule has 0 saturated carbocycles. The van der Waals surface area contributed by atoms with Gasteiger partial charge < -0.3 is 0 Å². The molecule has 0 radical (unpaired) electrons. The van der Waals surface area contributed by atoms with Gasteiger partial charge in [-0.2, -0.15) is 0 Å². The minimum atomic E-state index is -0.221. The van der Waals surface area contributed by atoms with Crippen molar-refractivity contribution in [3.63, 3.8) is 0 Å². The van der Waals surface area contributed by atoms with Crippen LogP contribution in [0.4, 0.5) is 0 Å². The summed E-state index contributed by atoms with van der Waals surface area (Å²) in [6.07, 6.45) is 49.6. The standard InChI is InChI=1S/C101H156O6/c1-27-35-43-73(79-55-61-97(17,18)91(67(79)10)85(103)38-30-4)45-47-75(81-57-63-99(21,22)93(69(81)12)87(105)40-32-6)49-51-77(83-59-65-101(25,26)95(71(83)14)89(107)42-34-8)53-52-76(82-58-64-100(23,24)94(70(82)13)88(106)41-33-7)50-48-74(80-56-62-98(19,20)92(68(80)11)86(104)39-31-5)46-44-72(36-28-2)78-54-60-96(15,16)90(66(78)9)84(102)37-29-3/h29-34,37-42,72-77,90-95H,27-28,35-36,43-65H2,1-26H3/t72-,73-,74+,75+,76-,77-,90?,91?,92?,93?,94?,95?/m0/s1. The van der Waals surface area contributed by atoms with Crippen LogP contribution >= 0.6 is 0 Å². The van der Waals surface area contributed by atoms with Crippen LogP contribution in [-0.4, -0.2) is 34.7 Å². The lowest BCUT2D eigenvalue weighted by molar-refractivity contribution is -0.121. The molecule has 0 aromatic carbocycles. The second-order valence-corrected chi connectivity index (χ2v) is 39.2. The smallest absolute Gasteiger partial charge is 0.162 e. The van der Waals surface area contributed by atoms with Crippen molar-refractivity contribution in [2.75, 3.05) is 0 Å². The van der Waals surface area contributed by atoms with Crippen LogP contribution in [0.15, 0.2) is 140 Å². The average Bonchev–Trinajstić information content (AvgIpc) is 0.790. The number of ketones is 6. The Morgan fingerprint density at radius 1 is 0.262 bits per heavy atom. The number of carbonyl (C=O) groups excluding carboxylic acids is 6. The first-order chi connectivity index (χ1) is 50.2. The lowest BCUT2D eigenvalue weighted by atomic mass is 9.60. The van der Waals surface area contributed by atoms with E-state index in [0.29, 0.717) is 11.8 Å². The Labute approximate surface area is 656 Å². The predicted octanol–water partition coefficient (Wildman–Crippen LogP) is 28.0. The summed E-state index contributed by atoms with van der Waals surface area (Å²) in [5.41, 5.74) is 15.6. The zero-order valence-electron chi connectivity index (χ0n) is 73.4. The molecule has 6 unspecified atom stereocenters. The van der Waals surface area contributed by atoms with E-state index >= 15 is 0 Å². The van der Waals surface area contributed by atoms with Crippen molar-refractivity contribution in [2.24, 2.45) is 104 Å². The van der Waals surface area contributed by atoms with Crippen molar-refractivity contribution in [3.8, 4) is 0 Å². The molecule has 0 saturated heterocycles. The highest BCUT2D eigenvalue weighted by atomic mass is 16.1. The number of carbonyl (C=O) groups is 6. The molecule has 6 aliphatic carbocycles. The molecule has 0 aromatic heterocycles. The number of rotatable bonds is 38. The fourth-order valence-corrected chi connectivity index (χ4v) is 23.5. The van der Waals surface area contributed by atoms with Gasteiger partial charge in [-0.05, 0) is 342 Å². The second-order valence-electron chi connectivity index (χ2n) is 39.2. The molecule has 0 aromatic rings. The van der Waals surface area contributed by atoms with E-state index in [2.05, 4.69) is 138 Å². The van der Waals surface area contributed by atoms with Gasteiger partial charge in [0, 0.05) is 35.5 Å². The summed E-state index contributed by atoms with van der Waals surface area (Å²) in [6.45, 7) is 58.0. The third-order valence-electron chi connectivity index (χ3n) is 29.1. The molecule has 6 nitrogen and oxygen atoms in total. The summed E-state index contributed by atoms with van der Waals surface area (Å²) in [7, 11) is 0. The molecular weight excluding hydrogens is 1310 g/mol. The molecule has 107 heavy (non-hydrogen) atoms. The normalized spacial score (nSPS) is 26.5. The average molecular weight is 1470 g/mol. The summed E-state index contributed by atoms with van der Waals surface area (Å²) >= 11 is 0. The first kappa shape index (κ1) is 90.8. The SMILES string of the molecule is CC=CC(=O)C1C(C)=C([C@H](CC[C@H](CC[C@@H](CC[C@H](CCCC)C2=C(C)C(C(=O)C=CC)C(C)(C)CC2)C2=C(C)C(C(=O)C=CC)C(C)(C)CC2)C2=C(C)C(C(=O)C=CC)C(C)(C)CC2)CC[C@@H](CC[C@H](CCC)C2=C(C)C(C(=O)C=CC)C(C)(C)CC2)C2=C(C)C(C(=O)C=CC)C(C)(C)CC2)CCC1(C)C. The predicted molar refractivity (Wildman–Crippen MR) is 456 cm³/mol. The number of hydrogen-bond donors (Lipinski definition) is 0. The number of unbranched alkanes of at least 4 members (excludes halogenated alkanes) is 1. The zero-order valence-corrected chi connectivity index (χ0v) is 73.4. The topological polar surface area (TPSA) is 102 Å². The van der Waals surface area contributed by atoms with Crippen LogP contribution in [0.3, 0.4) is 0 Å². The van der Waals surface area contributed by atoms with Gasteiger partial charge in [-0.15, -0.1) is 0 Å². The third-order valence-corrected chi connectivity index (χ3v) is 29.1. The maximum atomic E-state index is 14.8. The van der Waals surface area contributed by atoms with Crippen LogP contribution in [0, 0.1) is 104 Å². The van der Waals surface area contributed by atoms with Gasteiger partial charge in [0.25, 0.3) is 0 Å². The fourth-order valence-electron chi connectivity index (χ4n) is 23.5. The zero-order chi connectivity index (χ0) is 79.9. The summed E-state index contributed by atoms with van der Waals surface area (Å²) in [6, 6.07) is 0. The van der Waals surface area contributed by atoms with E-state index in [4.69, 9.17) is 0 Å². The Bertz CT molecular complexity index is 3540. The number of hydrogen-bond acceptors (Lipinski definition) is 6. The largest absolute Gasteiger partial charge is 0.294 e. The van der Waals surface area contributed by atoms with E-state index in [1.165, 1.54) is 66.9 Å². The van der Waals surface area contributed by atoms with Crippen LogP contribution in [0.25, 0.3) is 0 Å². The van der Waals surface area contributed by atoms with Gasteiger partial charge in [-0.25, -0.2) is 0 Å². The molecule has 0 heterocycles. The summed E-state index contributed by atoms with van der Waals surface area (Å²) < 4.78 is 0. The second kappa shape index (κ2) is 39.4. The fraction of sp³-hybridized carbons (Fsp3) is 0.703. The number of allylic oxidation sites excluding steroid dienone is 24. The Morgan fingerprint density at radius 2 is 0.411 bits per heavy atom. The van der Waals surface area contributed by atoms with E-state index in [0.717, 1.165) is 173 Å². The monoisotopic (exact) mass is 1470 g/mol. The van der Waals surface area contributed by atoms with Crippen LogP contribution in [0.5, 0.6) is 0 Å². The molecule has 6 aliphatic rings. The van der Waals surface area contributed by atoms with Crippen LogP contribution < -0.4 is 0 Å². The quantitative estimate of drug-likeness (QED) is 0.0451. The summed E-state index contributed by atoms with van der Waals surface area (Å²) in [5, 5.41) is 0. The van der Waals surface area contributed by atoms with E-state index in [9.17, 15) is 28.8 Å². The Kier molecular flexibility index (Phi) is 33.4. The van der Waals surface area contributed by atoms with Gasteiger partial charge in [0.2, 0.25) is 0 Å². The molecule has 6 rings (SSSR count). The van der Waals surface area contributed by atoms with Gasteiger partial charge in [0.05, 0.1) is 0 Å². The van der Waals surface area contributed by atoms with E-state index in [1.54, 1.807) is 0 Å². The Balaban J connectivity index is 1.58. The van der Waals surface area contributed by atoms with Gasteiger partial charge in [-0.1, -0.05) is 220 Å². The lowest BCUT2D eigenvalue weighted by Gasteiger charge is -2.44. The van der Waals surface area contributed by atoms with Crippen molar-refractivity contribution in [1.29, 1.82) is 0 Å². The van der Waals surface area contributed by atoms with Crippen molar-refractivity contribution >= 4 is 34.7 Å². The molecule has 0 fully saturated rings. The third kappa shape index (κ3) is 21.8. The first-order valence-corrected chi connectivity index (χ1v) is 43.4. The van der Waals surface area contributed by atoms with E-state index in [-0.39, 0.29) is 126 Å². The van der Waals surface area contributed by atoms with Crippen LogP contribution in [0.2, 0.25) is 0 Å². The highest BCUT2D eigenvalue weighted by Crippen LogP contribution is 2.57. The highest BCUT2D eigenvalue weighted by Gasteiger charge is 2.48. The van der Waals surface area contributed by atoms with Gasteiger partial charge in [0.1, 0.15) is 0 Å². The van der Waals surface area contributed by atoms with Gasteiger partial charge >= 0.3 is 0 Å². The van der Waals surface area contributed by atoms with E-state index in [1.807, 2.05) is 114 Å². The van der Waals surface area contributed by atoms with E-state index < -0.39 is 0 Å². The molecule has 0 bridgehead atoms. The van der Waals surface area contributed by atoms with Gasteiger partial charge in [-0.3, -0.25) is 28.8 Å². The first-order valence-electron chi connectivity index (χ1n) is 43.4. The summed E-state index contributed by atoms with van der Waals surface area (Å²) in [5.74, 6) is 1.80. The molecular formula is C101H156O6. The molecule has 0 amide bonds. The molecule has 12 atom stereocenters. The van der Waals surface area contributed by atoms with Crippen molar-refractivity contribution < 1.29 is 28.8 Å². The molecule has 6 heteroatoms. The van der Waals surface area contributed by atoms with Crippen molar-refractivity contribution in [1.82, 2.24) is 0 Å². The summed E-state index contributed by atoms with van der Waals surface area (Å²) in [4.78, 5) is 87.0. The van der Waals surface area contributed by atoms with Gasteiger partial charge in [0.15, 0.2) is 34.7 Å².